The number of hydrogen-bond donors (Lipinski definition) is 2. The molecular weight excluding hydrogens is 373 g/mol. The Balaban J connectivity index is 1.55. The third-order valence-corrected chi connectivity index (χ3v) is 5.84. The van der Waals surface area contributed by atoms with Crippen molar-refractivity contribution in [1.29, 1.82) is 0 Å². The quantitative estimate of drug-likeness (QED) is 0.769. The molecule has 0 radical (unpaired) electrons. The van der Waals surface area contributed by atoms with Crippen molar-refractivity contribution in [3.8, 4) is 0 Å². The lowest BCUT2D eigenvalue weighted by Gasteiger charge is -2.33. The van der Waals surface area contributed by atoms with Gasteiger partial charge in [-0.2, -0.15) is 0 Å². The average molecular weight is 396 g/mol. The van der Waals surface area contributed by atoms with Gasteiger partial charge in [-0.05, 0) is 62.3 Å². The van der Waals surface area contributed by atoms with E-state index in [-0.39, 0.29) is 29.7 Å². The smallest absolute Gasteiger partial charge is 0.322 e. The maximum absolute atomic E-state index is 13.8. The first kappa shape index (κ1) is 19.6. The van der Waals surface area contributed by atoms with Gasteiger partial charge in [0.25, 0.3) is 5.91 Å². The van der Waals surface area contributed by atoms with Gasteiger partial charge in [-0.15, -0.1) is 0 Å². The number of likely N-dealkylation sites (tertiary alicyclic amines) is 1. The first-order valence-corrected chi connectivity index (χ1v) is 9.44. The molecule has 1 aromatic rings. The number of carbonyl (C=O) groups is 3. The summed E-state index contributed by atoms with van der Waals surface area (Å²) in [5, 5.41) is 4.89. The molecule has 4 amide bonds. The van der Waals surface area contributed by atoms with Crippen LogP contribution in [0.3, 0.4) is 0 Å². The molecule has 146 valence electrons. The summed E-state index contributed by atoms with van der Waals surface area (Å²) in [6.07, 6.45) is 1.94. The summed E-state index contributed by atoms with van der Waals surface area (Å²) >= 11 is 5.83. The van der Waals surface area contributed by atoms with Gasteiger partial charge in [0.05, 0.1) is 5.02 Å². The van der Waals surface area contributed by atoms with Crippen molar-refractivity contribution in [2.45, 2.75) is 51.0 Å². The number of nitrogens with zero attached hydrogens (tertiary/aromatic N) is 1. The van der Waals surface area contributed by atoms with E-state index in [1.165, 1.54) is 6.07 Å². The number of hydrogen-bond acceptors (Lipinski definition) is 3. The number of carbonyl (C=O) groups excluding carboxylic acids is 3. The van der Waals surface area contributed by atoms with Crippen molar-refractivity contribution < 1.29 is 18.8 Å². The number of urea groups is 1. The van der Waals surface area contributed by atoms with Crippen LogP contribution in [0.2, 0.25) is 5.02 Å². The molecule has 1 unspecified atom stereocenters. The highest BCUT2D eigenvalue weighted by Crippen LogP contribution is 2.33. The van der Waals surface area contributed by atoms with Crippen molar-refractivity contribution in [2.75, 3.05) is 13.1 Å². The highest BCUT2D eigenvalue weighted by atomic mass is 35.5. The molecule has 2 aliphatic rings. The fraction of sp³-hybridized carbons (Fsp3) is 0.526. The topological polar surface area (TPSA) is 78.5 Å². The van der Waals surface area contributed by atoms with Crippen LogP contribution >= 0.6 is 11.6 Å². The molecule has 2 saturated heterocycles. The standard InChI is InChI=1S/C19H23ClFN3O3/c1-11-9-14(20)15(21)10-13(11)12-4-7-24(8-5-12)16(25)3-6-19(2)17(26)22-18(27)23-19/h9-10,12H,3-8H2,1-2H3,(H2,22,23,26,27). The summed E-state index contributed by atoms with van der Waals surface area (Å²) in [7, 11) is 0. The second-order valence-electron chi connectivity index (χ2n) is 7.52. The van der Waals surface area contributed by atoms with Crippen LogP contribution in [0.5, 0.6) is 0 Å². The Kier molecular flexibility index (Phi) is 5.42. The maximum Gasteiger partial charge on any atom is 0.322 e. The van der Waals surface area contributed by atoms with Gasteiger partial charge in [0.1, 0.15) is 11.4 Å². The van der Waals surface area contributed by atoms with Gasteiger partial charge in [-0.1, -0.05) is 11.6 Å². The third kappa shape index (κ3) is 4.08. The normalized spacial score (nSPS) is 23.3. The Morgan fingerprint density at radius 3 is 2.59 bits per heavy atom. The second-order valence-corrected chi connectivity index (χ2v) is 7.93. The van der Waals surface area contributed by atoms with Crippen LogP contribution < -0.4 is 10.6 Å². The lowest BCUT2D eigenvalue weighted by atomic mass is 9.86. The molecule has 8 heteroatoms. The van der Waals surface area contributed by atoms with Gasteiger partial charge >= 0.3 is 6.03 Å². The summed E-state index contributed by atoms with van der Waals surface area (Å²) in [4.78, 5) is 37.4. The molecular formula is C19H23ClFN3O3. The molecule has 2 N–H and O–H groups in total. The van der Waals surface area contributed by atoms with Crippen LogP contribution in [-0.2, 0) is 9.59 Å². The Morgan fingerprint density at radius 2 is 2.00 bits per heavy atom. The van der Waals surface area contributed by atoms with Gasteiger partial charge in [0.2, 0.25) is 5.91 Å². The van der Waals surface area contributed by atoms with Crippen molar-refractivity contribution in [3.63, 3.8) is 0 Å². The van der Waals surface area contributed by atoms with Gasteiger partial charge in [-0.25, -0.2) is 9.18 Å². The molecule has 0 aliphatic carbocycles. The highest BCUT2D eigenvalue weighted by molar-refractivity contribution is 6.30. The summed E-state index contributed by atoms with van der Waals surface area (Å²) in [5.41, 5.74) is 0.868. The van der Waals surface area contributed by atoms with E-state index in [1.807, 2.05) is 6.92 Å². The molecule has 0 aromatic heterocycles. The number of amides is 4. The zero-order valence-electron chi connectivity index (χ0n) is 15.4. The number of piperidine rings is 1. The molecule has 0 saturated carbocycles. The zero-order valence-corrected chi connectivity index (χ0v) is 16.2. The Labute approximate surface area is 162 Å². The first-order chi connectivity index (χ1) is 12.7. The Bertz CT molecular complexity index is 793. The lowest BCUT2D eigenvalue weighted by Crippen LogP contribution is -2.45. The number of aryl methyl sites for hydroxylation is 1. The van der Waals surface area contributed by atoms with E-state index >= 15 is 0 Å². The predicted molar refractivity (Wildman–Crippen MR) is 99.0 cm³/mol. The van der Waals surface area contributed by atoms with E-state index in [1.54, 1.807) is 17.9 Å². The van der Waals surface area contributed by atoms with Crippen molar-refractivity contribution >= 4 is 29.4 Å². The average Bonchev–Trinajstić information content (AvgIpc) is 2.88. The van der Waals surface area contributed by atoms with Crippen molar-refractivity contribution in [3.05, 3.63) is 34.1 Å². The SMILES string of the molecule is Cc1cc(Cl)c(F)cc1C1CCN(C(=O)CCC2(C)NC(=O)NC2=O)CC1. The van der Waals surface area contributed by atoms with Crippen LogP contribution in [0.25, 0.3) is 0 Å². The molecule has 6 nitrogen and oxygen atoms in total. The van der Waals surface area contributed by atoms with Gasteiger partial charge < -0.3 is 10.2 Å². The van der Waals surface area contributed by atoms with E-state index in [9.17, 15) is 18.8 Å². The molecule has 2 fully saturated rings. The van der Waals surface area contributed by atoms with E-state index < -0.39 is 23.3 Å². The van der Waals surface area contributed by atoms with Crippen LogP contribution in [0.15, 0.2) is 12.1 Å². The lowest BCUT2D eigenvalue weighted by molar-refractivity contribution is -0.133. The van der Waals surface area contributed by atoms with Gasteiger partial charge in [0.15, 0.2) is 0 Å². The highest BCUT2D eigenvalue weighted by Gasteiger charge is 2.42. The zero-order chi connectivity index (χ0) is 19.8. The summed E-state index contributed by atoms with van der Waals surface area (Å²) in [5.74, 6) is -0.666. The van der Waals surface area contributed by atoms with Gasteiger partial charge in [0, 0.05) is 19.5 Å². The van der Waals surface area contributed by atoms with Crippen LogP contribution in [0, 0.1) is 12.7 Å². The van der Waals surface area contributed by atoms with Crippen LogP contribution in [0.1, 0.15) is 49.7 Å². The molecule has 1 aromatic carbocycles. The number of rotatable bonds is 4. The Morgan fingerprint density at radius 1 is 1.33 bits per heavy atom. The summed E-state index contributed by atoms with van der Waals surface area (Å²) in [6, 6.07) is 2.62. The van der Waals surface area contributed by atoms with E-state index in [4.69, 9.17) is 11.6 Å². The van der Waals surface area contributed by atoms with Crippen LogP contribution in [0.4, 0.5) is 9.18 Å². The first-order valence-electron chi connectivity index (χ1n) is 9.06. The fourth-order valence-corrected chi connectivity index (χ4v) is 4.03. The minimum absolute atomic E-state index is 0.0392. The number of halogens is 2. The van der Waals surface area contributed by atoms with E-state index in [0.717, 1.165) is 24.0 Å². The van der Waals surface area contributed by atoms with Crippen molar-refractivity contribution in [1.82, 2.24) is 15.5 Å². The molecule has 3 rings (SSSR count). The maximum atomic E-state index is 13.8. The minimum Gasteiger partial charge on any atom is -0.343 e. The third-order valence-electron chi connectivity index (χ3n) is 5.55. The van der Waals surface area contributed by atoms with E-state index in [0.29, 0.717) is 13.1 Å². The van der Waals surface area contributed by atoms with E-state index in [2.05, 4.69) is 10.6 Å². The number of imide groups is 1. The van der Waals surface area contributed by atoms with Crippen LogP contribution in [-0.4, -0.2) is 41.4 Å². The van der Waals surface area contributed by atoms with Gasteiger partial charge in [-0.3, -0.25) is 14.9 Å². The molecule has 0 bridgehead atoms. The fourth-order valence-electron chi connectivity index (χ4n) is 3.81. The number of nitrogens with one attached hydrogen (secondary N) is 2. The molecule has 1 atom stereocenters. The minimum atomic E-state index is -1.04. The molecule has 0 spiro atoms. The molecule has 2 heterocycles. The van der Waals surface area contributed by atoms with Crippen molar-refractivity contribution in [2.24, 2.45) is 0 Å². The Hall–Kier alpha value is -2.15. The molecule has 27 heavy (non-hydrogen) atoms. The predicted octanol–water partition coefficient (Wildman–Crippen LogP) is 2.87. The monoisotopic (exact) mass is 395 g/mol. The second kappa shape index (κ2) is 7.46. The number of benzene rings is 1. The largest absolute Gasteiger partial charge is 0.343 e. The summed E-state index contributed by atoms with van der Waals surface area (Å²) < 4.78 is 13.8. The molecule has 2 aliphatic heterocycles. The summed E-state index contributed by atoms with van der Waals surface area (Å²) in [6.45, 7) is 4.70.